The summed E-state index contributed by atoms with van der Waals surface area (Å²) in [5.41, 5.74) is 3.17. The maximum Gasteiger partial charge on any atom is 0.277 e. The van der Waals surface area contributed by atoms with Crippen molar-refractivity contribution in [3.8, 4) is 0 Å². The molecule has 0 aliphatic carbocycles. The molecule has 0 amide bonds. The second-order valence-corrected chi connectivity index (χ2v) is 5.97. The van der Waals surface area contributed by atoms with E-state index in [-0.39, 0.29) is 17.1 Å². The highest BCUT2D eigenvalue weighted by molar-refractivity contribution is 7.99. The molecule has 22 heavy (non-hydrogen) atoms. The third-order valence-corrected chi connectivity index (χ3v) is 4.17. The number of benzene rings is 1. The second-order valence-electron chi connectivity index (χ2n) is 5.00. The molecule has 0 saturated heterocycles. The fourth-order valence-electron chi connectivity index (χ4n) is 2.23. The van der Waals surface area contributed by atoms with Gasteiger partial charge in [0.25, 0.3) is 5.56 Å². The Bertz CT molecular complexity index is 913. The average molecular weight is 314 g/mol. The molecule has 0 atom stereocenters. The van der Waals surface area contributed by atoms with Gasteiger partial charge < -0.3 is 4.98 Å². The number of carbonyl (C=O) groups excluding carboxylic acids is 1. The van der Waals surface area contributed by atoms with E-state index in [0.29, 0.717) is 21.9 Å². The van der Waals surface area contributed by atoms with Gasteiger partial charge in [-0.3, -0.25) is 14.6 Å². The largest absolute Gasteiger partial charge is 0.339 e. The molecule has 0 bridgehead atoms. The highest BCUT2D eigenvalue weighted by Gasteiger charge is 2.12. The number of aromatic nitrogens is 4. The lowest BCUT2D eigenvalue weighted by Crippen LogP contribution is -2.11. The molecule has 0 fully saturated rings. The van der Waals surface area contributed by atoms with Crippen molar-refractivity contribution in [3.05, 3.63) is 51.6 Å². The monoisotopic (exact) mass is 314 g/mol. The molecule has 0 aliphatic rings. The van der Waals surface area contributed by atoms with Crippen LogP contribution in [0.3, 0.4) is 0 Å². The van der Waals surface area contributed by atoms with Gasteiger partial charge in [-0.15, -0.1) is 0 Å². The Morgan fingerprint density at radius 2 is 2.14 bits per heavy atom. The normalized spacial score (nSPS) is 11.0. The van der Waals surface area contributed by atoms with Crippen LogP contribution in [0.2, 0.25) is 0 Å². The smallest absolute Gasteiger partial charge is 0.277 e. The third-order valence-electron chi connectivity index (χ3n) is 3.30. The van der Waals surface area contributed by atoms with E-state index in [1.165, 1.54) is 18.1 Å². The number of nitrogens with zero attached hydrogens (tertiary/aromatic N) is 2. The van der Waals surface area contributed by atoms with Gasteiger partial charge in [0.15, 0.2) is 22.1 Å². The molecule has 0 radical (unpaired) electrons. The molecule has 0 saturated carbocycles. The zero-order chi connectivity index (χ0) is 15.7. The van der Waals surface area contributed by atoms with Crippen molar-refractivity contribution in [1.82, 2.24) is 19.9 Å². The summed E-state index contributed by atoms with van der Waals surface area (Å²) >= 11 is 1.20. The van der Waals surface area contributed by atoms with Crippen LogP contribution in [-0.4, -0.2) is 31.5 Å². The lowest BCUT2D eigenvalue weighted by atomic mass is 10.0. The predicted octanol–water partition coefficient (Wildman–Crippen LogP) is 2.24. The lowest BCUT2D eigenvalue weighted by molar-refractivity contribution is 0.102. The first-order valence-corrected chi connectivity index (χ1v) is 7.70. The van der Waals surface area contributed by atoms with Crippen molar-refractivity contribution >= 4 is 28.7 Å². The summed E-state index contributed by atoms with van der Waals surface area (Å²) in [5.74, 6) is 0.218. The van der Waals surface area contributed by atoms with Crippen LogP contribution in [0.5, 0.6) is 0 Å². The maximum absolute atomic E-state index is 12.3. The minimum absolute atomic E-state index is 0.00673. The van der Waals surface area contributed by atoms with Crippen molar-refractivity contribution < 1.29 is 4.79 Å². The molecule has 7 heteroatoms. The molecule has 3 rings (SSSR count). The van der Waals surface area contributed by atoms with Crippen molar-refractivity contribution in [1.29, 1.82) is 0 Å². The summed E-state index contributed by atoms with van der Waals surface area (Å²) in [6, 6.07) is 5.73. The summed E-state index contributed by atoms with van der Waals surface area (Å²) in [4.78, 5) is 37.6. The van der Waals surface area contributed by atoms with Crippen molar-refractivity contribution in [3.63, 3.8) is 0 Å². The second kappa shape index (κ2) is 5.76. The van der Waals surface area contributed by atoms with E-state index >= 15 is 0 Å². The van der Waals surface area contributed by atoms with E-state index in [1.54, 1.807) is 0 Å². The molecule has 0 aliphatic heterocycles. The van der Waals surface area contributed by atoms with Crippen LogP contribution in [-0.2, 0) is 0 Å². The standard InChI is InChI=1S/C15H14N4O2S/c1-8-3-4-10(9(2)5-8)11(20)6-22-15-18-13-12(14(21)19-15)16-7-17-13/h3-5,7H,6H2,1-2H3,(H2,16,17,18,19,21). The van der Waals surface area contributed by atoms with Gasteiger partial charge >= 0.3 is 0 Å². The maximum atomic E-state index is 12.3. The highest BCUT2D eigenvalue weighted by atomic mass is 32.2. The molecule has 0 unspecified atom stereocenters. The summed E-state index contributed by atoms with van der Waals surface area (Å²) in [7, 11) is 0. The number of aryl methyl sites for hydroxylation is 2. The van der Waals surface area contributed by atoms with Crippen LogP contribution in [0.25, 0.3) is 11.2 Å². The highest BCUT2D eigenvalue weighted by Crippen LogP contribution is 2.17. The van der Waals surface area contributed by atoms with Crippen LogP contribution < -0.4 is 5.56 Å². The number of aromatic amines is 2. The molecule has 2 N–H and O–H groups in total. The van der Waals surface area contributed by atoms with Gasteiger partial charge in [-0.05, 0) is 19.4 Å². The first-order valence-electron chi connectivity index (χ1n) is 6.71. The Kier molecular flexibility index (Phi) is 3.81. The number of ketones is 1. The van der Waals surface area contributed by atoms with Crippen LogP contribution >= 0.6 is 11.8 Å². The third kappa shape index (κ3) is 2.80. The van der Waals surface area contributed by atoms with Crippen molar-refractivity contribution in [2.75, 3.05) is 5.75 Å². The number of rotatable bonds is 4. The Hall–Kier alpha value is -2.41. The van der Waals surface area contributed by atoms with Gasteiger partial charge in [0.1, 0.15) is 0 Å². The van der Waals surface area contributed by atoms with E-state index in [1.807, 2.05) is 32.0 Å². The number of imidazole rings is 1. The van der Waals surface area contributed by atoms with Crippen molar-refractivity contribution in [2.45, 2.75) is 19.0 Å². The number of nitrogens with one attached hydrogen (secondary N) is 2. The first-order chi connectivity index (χ1) is 10.5. The summed E-state index contributed by atoms with van der Waals surface area (Å²) in [6.07, 6.45) is 1.42. The molecule has 1 aromatic carbocycles. The zero-order valence-electron chi connectivity index (χ0n) is 12.1. The Labute approximate surface area is 130 Å². The van der Waals surface area contributed by atoms with Gasteiger partial charge in [0.2, 0.25) is 0 Å². The minimum atomic E-state index is -0.288. The summed E-state index contributed by atoms with van der Waals surface area (Å²) < 4.78 is 0. The predicted molar refractivity (Wildman–Crippen MR) is 85.5 cm³/mol. The van der Waals surface area contributed by atoms with Gasteiger partial charge in [-0.25, -0.2) is 9.97 Å². The summed E-state index contributed by atoms with van der Waals surface area (Å²) in [5, 5.41) is 0.391. The number of fused-ring (bicyclic) bond motifs is 1. The summed E-state index contributed by atoms with van der Waals surface area (Å²) in [6.45, 7) is 3.91. The van der Waals surface area contributed by atoms with Crippen LogP contribution in [0.1, 0.15) is 21.5 Å². The molecule has 2 aromatic heterocycles. The fourth-order valence-corrected chi connectivity index (χ4v) is 2.97. The number of thioether (sulfide) groups is 1. The van der Waals surface area contributed by atoms with E-state index in [2.05, 4.69) is 19.9 Å². The fraction of sp³-hybridized carbons (Fsp3) is 0.200. The molecular formula is C15H14N4O2S. The number of H-pyrrole nitrogens is 2. The van der Waals surface area contributed by atoms with E-state index in [9.17, 15) is 9.59 Å². The van der Waals surface area contributed by atoms with Crippen LogP contribution in [0.15, 0.2) is 34.5 Å². The van der Waals surface area contributed by atoms with Gasteiger partial charge in [0, 0.05) is 5.56 Å². The quantitative estimate of drug-likeness (QED) is 0.438. The van der Waals surface area contributed by atoms with Gasteiger partial charge in [0.05, 0.1) is 12.1 Å². The molecule has 0 spiro atoms. The zero-order valence-corrected chi connectivity index (χ0v) is 13.0. The van der Waals surface area contributed by atoms with Crippen molar-refractivity contribution in [2.24, 2.45) is 0 Å². The molecule has 3 aromatic rings. The first kappa shape index (κ1) is 14.5. The average Bonchev–Trinajstić information content (AvgIpc) is 2.93. The number of hydrogen-bond donors (Lipinski definition) is 2. The Balaban J connectivity index is 1.78. The number of hydrogen-bond acceptors (Lipinski definition) is 5. The lowest BCUT2D eigenvalue weighted by Gasteiger charge is -2.05. The molecule has 112 valence electrons. The SMILES string of the molecule is Cc1ccc(C(=O)CSc2nc3nc[nH]c3c(=O)[nH]2)c(C)c1. The number of Topliss-reactive ketones (excluding diaryl/α,β-unsaturated/α-hetero) is 1. The number of carbonyl (C=O) groups is 1. The van der Waals surface area contributed by atoms with Crippen LogP contribution in [0, 0.1) is 13.8 Å². The Morgan fingerprint density at radius 1 is 1.32 bits per heavy atom. The molecule has 6 nitrogen and oxygen atoms in total. The Morgan fingerprint density at radius 3 is 2.91 bits per heavy atom. The van der Waals surface area contributed by atoms with Gasteiger partial charge in [-0.1, -0.05) is 35.5 Å². The topological polar surface area (TPSA) is 91.5 Å². The molecular weight excluding hydrogens is 300 g/mol. The minimum Gasteiger partial charge on any atom is -0.339 e. The molecule has 2 heterocycles. The van der Waals surface area contributed by atoms with E-state index < -0.39 is 0 Å². The van der Waals surface area contributed by atoms with Gasteiger partial charge in [-0.2, -0.15) is 0 Å². The van der Waals surface area contributed by atoms with Crippen LogP contribution in [0.4, 0.5) is 0 Å². The van der Waals surface area contributed by atoms with E-state index in [0.717, 1.165) is 11.1 Å². The van der Waals surface area contributed by atoms with E-state index in [4.69, 9.17) is 0 Å².